The van der Waals surface area contributed by atoms with Crippen LogP contribution in [-0.2, 0) is 0 Å². The van der Waals surface area contributed by atoms with E-state index in [0.717, 1.165) is 17.3 Å². The lowest BCUT2D eigenvalue weighted by Crippen LogP contribution is -2.31. The van der Waals surface area contributed by atoms with Gasteiger partial charge in [0.15, 0.2) is 4.77 Å². The Morgan fingerprint density at radius 3 is 2.94 bits per heavy atom. The normalized spacial score (nSPS) is 21.0. The van der Waals surface area contributed by atoms with Crippen molar-refractivity contribution in [1.82, 2.24) is 14.8 Å². The van der Waals surface area contributed by atoms with Crippen LogP contribution >= 0.6 is 12.2 Å². The van der Waals surface area contributed by atoms with E-state index in [4.69, 9.17) is 12.2 Å². The molecule has 1 aromatic heterocycles. The van der Waals surface area contributed by atoms with Crippen molar-refractivity contribution in [3.63, 3.8) is 0 Å². The molecule has 1 aliphatic heterocycles. The Morgan fingerprint density at radius 1 is 1.56 bits per heavy atom. The van der Waals surface area contributed by atoms with Gasteiger partial charge in [0.25, 0.3) is 0 Å². The highest BCUT2D eigenvalue weighted by atomic mass is 32.1. The fourth-order valence-corrected chi connectivity index (χ4v) is 2.83. The molecular formula is C11H20N4S. The van der Waals surface area contributed by atoms with Crippen LogP contribution in [-0.4, -0.2) is 27.4 Å². The van der Waals surface area contributed by atoms with Gasteiger partial charge in [0.05, 0.1) is 0 Å². The van der Waals surface area contributed by atoms with Gasteiger partial charge < -0.3 is 4.90 Å². The molecule has 1 aromatic rings. The van der Waals surface area contributed by atoms with Crippen LogP contribution < -0.4 is 4.90 Å². The summed E-state index contributed by atoms with van der Waals surface area (Å²) < 4.78 is 2.84. The van der Waals surface area contributed by atoms with Crippen LogP contribution in [0.2, 0.25) is 0 Å². The number of aromatic nitrogens is 3. The van der Waals surface area contributed by atoms with Crippen LogP contribution in [0.25, 0.3) is 0 Å². The van der Waals surface area contributed by atoms with Crippen LogP contribution in [0, 0.1) is 4.77 Å². The van der Waals surface area contributed by atoms with Gasteiger partial charge in [-0.3, -0.25) is 4.57 Å². The highest BCUT2D eigenvalue weighted by molar-refractivity contribution is 7.71. The molecular weight excluding hydrogens is 220 g/mol. The zero-order valence-corrected chi connectivity index (χ0v) is 11.0. The fraction of sp³-hybridized carbons (Fsp3) is 0.818. The maximum atomic E-state index is 5.28. The molecule has 0 aliphatic carbocycles. The van der Waals surface area contributed by atoms with Crippen molar-refractivity contribution in [2.45, 2.75) is 52.1 Å². The van der Waals surface area contributed by atoms with E-state index >= 15 is 0 Å². The summed E-state index contributed by atoms with van der Waals surface area (Å²) in [7, 11) is 0. The molecule has 0 spiro atoms. The lowest BCUT2D eigenvalue weighted by molar-refractivity contribution is 0.560. The van der Waals surface area contributed by atoms with Crippen molar-refractivity contribution in [2.24, 2.45) is 0 Å². The smallest absolute Gasteiger partial charge is 0.226 e. The average molecular weight is 240 g/mol. The Balaban J connectivity index is 2.36. The van der Waals surface area contributed by atoms with Gasteiger partial charge >= 0.3 is 0 Å². The monoisotopic (exact) mass is 240 g/mol. The van der Waals surface area contributed by atoms with E-state index < -0.39 is 0 Å². The lowest BCUT2D eigenvalue weighted by Gasteiger charge is -2.25. The number of rotatable bonds is 3. The van der Waals surface area contributed by atoms with E-state index in [9.17, 15) is 0 Å². The van der Waals surface area contributed by atoms with Gasteiger partial charge in [-0.15, -0.1) is 5.10 Å². The van der Waals surface area contributed by atoms with E-state index in [0.29, 0.717) is 12.1 Å². The Hall–Kier alpha value is -0.840. The summed E-state index contributed by atoms with van der Waals surface area (Å²) in [6, 6.07) is 0.988. The van der Waals surface area contributed by atoms with Crippen LogP contribution in [0.15, 0.2) is 0 Å². The first-order valence-electron chi connectivity index (χ1n) is 6.08. The molecule has 1 saturated heterocycles. The molecule has 1 unspecified atom stereocenters. The molecule has 1 N–H and O–H groups in total. The van der Waals surface area contributed by atoms with Crippen LogP contribution in [0.1, 0.15) is 46.1 Å². The second-order valence-electron chi connectivity index (χ2n) is 4.69. The van der Waals surface area contributed by atoms with Gasteiger partial charge in [0, 0.05) is 18.6 Å². The maximum Gasteiger partial charge on any atom is 0.226 e. The van der Waals surface area contributed by atoms with Gasteiger partial charge in [-0.05, 0) is 45.3 Å². The van der Waals surface area contributed by atoms with Crippen molar-refractivity contribution in [1.29, 1.82) is 0 Å². The highest BCUT2D eigenvalue weighted by Crippen LogP contribution is 2.27. The summed E-state index contributed by atoms with van der Waals surface area (Å²) in [5.74, 6) is 1.02. The number of anilines is 1. The molecule has 0 radical (unpaired) electrons. The van der Waals surface area contributed by atoms with Gasteiger partial charge in [0.1, 0.15) is 0 Å². The summed E-state index contributed by atoms with van der Waals surface area (Å²) in [6.07, 6.45) is 3.71. The predicted octanol–water partition coefficient (Wildman–Crippen LogP) is 2.90. The van der Waals surface area contributed by atoms with Gasteiger partial charge in [-0.1, -0.05) is 6.92 Å². The minimum absolute atomic E-state index is 0.361. The SMILES string of the molecule is CCC1CCCN1c1n[nH]c(=S)n1C(C)C. The van der Waals surface area contributed by atoms with E-state index in [2.05, 4.69) is 40.4 Å². The summed E-state index contributed by atoms with van der Waals surface area (Å²) in [5, 5.41) is 7.30. The topological polar surface area (TPSA) is 36.9 Å². The van der Waals surface area contributed by atoms with Crippen molar-refractivity contribution >= 4 is 18.2 Å². The average Bonchev–Trinajstić information content (AvgIpc) is 2.82. The number of H-pyrrole nitrogens is 1. The van der Waals surface area contributed by atoms with Crippen molar-refractivity contribution in [3.05, 3.63) is 4.77 Å². The third-order valence-electron chi connectivity index (χ3n) is 3.31. The Kier molecular flexibility index (Phi) is 3.33. The first-order chi connectivity index (χ1) is 7.65. The predicted molar refractivity (Wildman–Crippen MR) is 68.5 cm³/mol. The molecule has 0 saturated carbocycles. The van der Waals surface area contributed by atoms with E-state index in [1.165, 1.54) is 19.3 Å². The third kappa shape index (κ3) is 1.88. The van der Waals surface area contributed by atoms with Crippen molar-refractivity contribution in [3.8, 4) is 0 Å². The summed E-state index contributed by atoms with van der Waals surface area (Å²) in [5.41, 5.74) is 0. The first-order valence-corrected chi connectivity index (χ1v) is 6.49. The Morgan fingerprint density at radius 2 is 2.31 bits per heavy atom. The molecule has 2 heterocycles. The molecule has 1 atom stereocenters. The second-order valence-corrected chi connectivity index (χ2v) is 5.08. The molecule has 5 heteroatoms. The molecule has 16 heavy (non-hydrogen) atoms. The minimum Gasteiger partial charge on any atom is -0.338 e. The van der Waals surface area contributed by atoms with Crippen LogP contribution in [0.3, 0.4) is 0 Å². The van der Waals surface area contributed by atoms with E-state index in [-0.39, 0.29) is 0 Å². The first kappa shape index (κ1) is 11.6. The summed E-state index contributed by atoms with van der Waals surface area (Å²) in [6.45, 7) is 7.63. The maximum absolute atomic E-state index is 5.28. The van der Waals surface area contributed by atoms with Gasteiger partial charge in [-0.2, -0.15) is 0 Å². The van der Waals surface area contributed by atoms with Crippen molar-refractivity contribution in [2.75, 3.05) is 11.4 Å². The number of aromatic amines is 1. The van der Waals surface area contributed by atoms with E-state index in [1.54, 1.807) is 0 Å². The molecule has 2 rings (SSSR count). The minimum atomic E-state index is 0.361. The Labute approximate surface area is 102 Å². The number of hydrogen-bond donors (Lipinski definition) is 1. The Bertz CT molecular complexity index is 406. The van der Waals surface area contributed by atoms with Crippen LogP contribution in [0.4, 0.5) is 5.95 Å². The summed E-state index contributed by atoms with van der Waals surface area (Å²) >= 11 is 5.28. The molecule has 4 nitrogen and oxygen atoms in total. The molecule has 1 aliphatic rings. The largest absolute Gasteiger partial charge is 0.338 e. The molecule has 0 amide bonds. The number of hydrogen-bond acceptors (Lipinski definition) is 3. The van der Waals surface area contributed by atoms with Crippen LogP contribution in [0.5, 0.6) is 0 Å². The standard InChI is InChI=1S/C11H20N4S/c1-4-9-6-5-7-14(9)10-12-13-11(16)15(10)8(2)3/h8-9H,4-7H2,1-3H3,(H,13,16). The zero-order chi connectivity index (χ0) is 11.7. The number of nitrogens with one attached hydrogen (secondary N) is 1. The molecule has 0 aromatic carbocycles. The highest BCUT2D eigenvalue weighted by Gasteiger charge is 2.27. The fourth-order valence-electron chi connectivity index (χ4n) is 2.49. The van der Waals surface area contributed by atoms with Gasteiger partial charge in [-0.25, -0.2) is 5.10 Å². The zero-order valence-electron chi connectivity index (χ0n) is 10.2. The molecule has 0 bridgehead atoms. The second kappa shape index (κ2) is 4.57. The van der Waals surface area contributed by atoms with Gasteiger partial charge in [0.2, 0.25) is 5.95 Å². The third-order valence-corrected chi connectivity index (χ3v) is 3.60. The number of nitrogens with zero attached hydrogens (tertiary/aromatic N) is 3. The quantitative estimate of drug-likeness (QED) is 0.825. The van der Waals surface area contributed by atoms with E-state index in [1.807, 2.05) is 0 Å². The lowest BCUT2D eigenvalue weighted by atomic mass is 10.2. The summed E-state index contributed by atoms with van der Waals surface area (Å²) in [4.78, 5) is 2.40. The molecule has 1 fully saturated rings. The molecule has 90 valence electrons. The van der Waals surface area contributed by atoms with Crippen molar-refractivity contribution < 1.29 is 0 Å².